The molecule has 152 valence electrons. The lowest BCUT2D eigenvalue weighted by Crippen LogP contribution is -2.49. The molecule has 3 aromatic carbocycles. The van der Waals surface area contributed by atoms with E-state index in [4.69, 9.17) is 4.74 Å². The number of carbonyl (C=O) groups is 2. The van der Waals surface area contributed by atoms with Crippen LogP contribution in [0.2, 0.25) is 0 Å². The van der Waals surface area contributed by atoms with Gasteiger partial charge >= 0.3 is 6.09 Å². The van der Waals surface area contributed by atoms with Gasteiger partial charge in [0.1, 0.15) is 6.61 Å². The Kier molecular flexibility index (Phi) is 5.86. The van der Waals surface area contributed by atoms with Crippen LogP contribution in [0, 0.1) is 0 Å². The molecule has 1 aliphatic carbocycles. The largest absolute Gasteiger partial charge is 0.548 e. The van der Waals surface area contributed by atoms with Gasteiger partial charge < -0.3 is 20.0 Å². The minimum absolute atomic E-state index is 0.0870. The summed E-state index contributed by atoms with van der Waals surface area (Å²) in [5.41, 5.74) is 5.22. The lowest BCUT2D eigenvalue weighted by atomic mass is 9.98. The minimum Gasteiger partial charge on any atom is -0.548 e. The fourth-order valence-corrected chi connectivity index (χ4v) is 4.10. The number of aliphatic carboxylic acids is 1. The highest BCUT2D eigenvalue weighted by molar-refractivity contribution is 9.10. The zero-order valence-electron chi connectivity index (χ0n) is 16.0. The number of amides is 1. The lowest BCUT2D eigenvalue weighted by Gasteiger charge is -2.21. The number of hydrogen-bond donors (Lipinski definition) is 1. The van der Waals surface area contributed by atoms with Crippen LogP contribution in [0.4, 0.5) is 4.79 Å². The lowest BCUT2D eigenvalue weighted by molar-refractivity contribution is -0.308. The molecule has 0 heterocycles. The first kappa shape index (κ1) is 20.2. The summed E-state index contributed by atoms with van der Waals surface area (Å²) in [6, 6.07) is 22.1. The van der Waals surface area contributed by atoms with Gasteiger partial charge in [0.25, 0.3) is 0 Å². The second kappa shape index (κ2) is 8.71. The van der Waals surface area contributed by atoms with Gasteiger partial charge in [-0.2, -0.15) is 0 Å². The number of alkyl carbamates (subject to hydrolysis) is 1. The standard InChI is InChI=1S/C24H20BrNO4/c25-16-11-9-15(10-12-16)13-22(23(27)28)26-24(29)30-14-21-19-7-3-1-5-17(19)18-6-2-4-8-20(18)21/h1-12,21-22H,13-14H2,(H,26,29)(H,27,28)/p-1/t22-/m0/s1. The van der Waals surface area contributed by atoms with E-state index in [9.17, 15) is 14.7 Å². The minimum atomic E-state index is -1.36. The van der Waals surface area contributed by atoms with Crippen LogP contribution in [0.15, 0.2) is 77.3 Å². The summed E-state index contributed by atoms with van der Waals surface area (Å²) in [4.78, 5) is 23.9. The summed E-state index contributed by atoms with van der Waals surface area (Å²) < 4.78 is 6.32. The molecule has 4 rings (SSSR count). The van der Waals surface area contributed by atoms with Crippen LogP contribution in [-0.2, 0) is 16.0 Å². The molecule has 0 fully saturated rings. The van der Waals surface area contributed by atoms with E-state index in [1.54, 1.807) is 12.1 Å². The quantitative estimate of drug-likeness (QED) is 0.603. The third-order valence-electron chi connectivity index (χ3n) is 5.27. The van der Waals surface area contributed by atoms with Crippen molar-refractivity contribution in [1.82, 2.24) is 5.32 Å². The van der Waals surface area contributed by atoms with Gasteiger partial charge in [-0.05, 0) is 46.4 Å². The van der Waals surface area contributed by atoms with E-state index in [2.05, 4.69) is 33.4 Å². The second-order valence-electron chi connectivity index (χ2n) is 7.17. The van der Waals surface area contributed by atoms with Crippen LogP contribution in [-0.4, -0.2) is 24.7 Å². The molecule has 6 heteroatoms. The zero-order chi connectivity index (χ0) is 21.1. The van der Waals surface area contributed by atoms with Gasteiger partial charge in [0.15, 0.2) is 0 Å². The van der Waals surface area contributed by atoms with Gasteiger partial charge in [-0.3, -0.25) is 0 Å². The maximum absolute atomic E-state index is 12.4. The number of carbonyl (C=O) groups excluding carboxylic acids is 2. The van der Waals surface area contributed by atoms with E-state index in [-0.39, 0.29) is 18.9 Å². The fraction of sp³-hybridized carbons (Fsp3) is 0.167. The number of nitrogens with one attached hydrogen (secondary N) is 1. The number of carboxylic acid groups (broad SMARTS) is 1. The normalized spacial score (nSPS) is 13.2. The average Bonchev–Trinajstić information content (AvgIpc) is 3.07. The molecule has 5 nitrogen and oxygen atoms in total. The maximum Gasteiger partial charge on any atom is 0.407 e. The monoisotopic (exact) mass is 464 g/mol. The van der Waals surface area contributed by atoms with Crippen LogP contribution in [0.25, 0.3) is 11.1 Å². The molecule has 1 aliphatic rings. The molecule has 0 aliphatic heterocycles. The molecule has 0 unspecified atom stereocenters. The molecule has 30 heavy (non-hydrogen) atoms. The Morgan fingerprint density at radius 2 is 1.50 bits per heavy atom. The Morgan fingerprint density at radius 1 is 0.933 bits per heavy atom. The molecule has 3 aromatic rings. The molecular weight excluding hydrogens is 446 g/mol. The molecular formula is C24H19BrNO4-. The Bertz CT molecular complexity index is 1040. The second-order valence-corrected chi connectivity index (χ2v) is 8.09. The molecule has 0 saturated carbocycles. The van der Waals surface area contributed by atoms with E-state index >= 15 is 0 Å². The van der Waals surface area contributed by atoms with Gasteiger partial charge in [0, 0.05) is 10.4 Å². The third-order valence-corrected chi connectivity index (χ3v) is 5.80. The van der Waals surface area contributed by atoms with Crippen LogP contribution in [0.1, 0.15) is 22.6 Å². The molecule has 1 N–H and O–H groups in total. The summed E-state index contributed by atoms with van der Waals surface area (Å²) in [7, 11) is 0. The molecule has 0 spiro atoms. The Morgan fingerprint density at radius 3 is 2.07 bits per heavy atom. The number of benzene rings is 3. The van der Waals surface area contributed by atoms with E-state index in [1.807, 2.05) is 48.5 Å². The highest BCUT2D eigenvalue weighted by Crippen LogP contribution is 2.44. The third kappa shape index (κ3) is 4.24. The first-order valence-electron chi connectivity index (χ1n) is 9.59. The van der Waals surface area contributed by atoms with Crippen molar-refractivity contribution in [3.8, 4) is 11.1 Å². The van der Waals surface area contributed by atoms with Gasteiger partial charge in [-0.15, -0.1) is 0 Å². The van der Waals surface area contributed by atoms with E-state index in [1.165, 1.54) is 0 Å². The molecule has 1 atom stereocenters. The predicted molar refractivity (Wildman–Crippen MR) is 115 cm³/mol. The van der Waals surface area contributed by atoms with Crippen molar-refractivity contribution in [3.05, 3.63) is 94.0 Å². The summed E-state index contributed by atoms with van der Waals surface area (Å²) in [5, 5.41) is 13.9. The molecule has 0 saturated heterocycles. The highest BCUT2D eigenvalue weighted by Gasteiger charge is 2.29. The number of ether oxygens (including phenoxy) is 1. The van der Waals surface area contributed by atoms with Crippen molar-refractivity contribution in [2.24, 2.45) is 0 Å². The van der Waals surface area contributed by atoms with Crippen molar-refractivity contribution in [1.29, 1.82) is 0 Å². The van der Waals surface area contributed by atoms with Crippen molar-refractivity contribution >= 4 is 28.0 Å². The zero-order valence-corrected chi connectivity index (χ0v) is 17.6. The van der Waals surface area contributed by atoms with Gasteiger partial charge in [-0.1, -0.05) is 76.6 Å². The van der Waals surface area contributed by atoms with E-state index < -0.39 is 18.1 Å². The predicted octanol–water partition coefficient (Wildman–Crippen LogP) is 3.65. The summed E-state index contributed by atoms with van der Waals surface area (Å²) in [6.45, 7) is 0.123. The Balaban J connectivity index is 1.43. The van der Waals surface area contributed by atoms with Crippen molar-refractivity contribution in [2.45, 2.75) is 18.4 Å². The van der Waals surface area contributed by atoms with Crippen molar-refractivity contribution in [2.75, 3.05) is 6.61 Å². The van der Waals surface area contributed by atoms with Crippen LogP contribution in [0.5, 0.6) is 0 Å². The van der Waals surface area contributed by atoms with Crippen LogP contribution >= 0.6 is 15.9 Å². The average molecular weight is 465 g/mol. The number of hydrogen-bond acceptors (Lipinski definition) is 4. The van der Waals surface area contributed by atoms with E-state index in [0.717, 1.165) is 32.3 Å². The number of carboxylic acids is 1. The number of fused-ring (bicyclic) bond motifs is 3. The maximum atomic E-state index is 12.4. The SMILES string of the molecule is O=C(N[C@@H](Cc1ccc(Br)cc1)C(=O)[O-])OCC1c2ccccc2-c2ccccc21. The number of halogens is 1. The Hall–Kier alpha value is -3.12. The first-order valence-corrected chi connectivity index (χ1v) is 10.4. The van der Waals surface area contributed by atoms with Crippen LogP contribution in [0.3, 0.4) is 0 Å². The highest BCUT2D eigenvalue weighted by atomic mass is 79.9. The topological polar surface area (TPSA) is 78.5 Å². The molecule has 0 radical (unpaired) electrons. The van der Waals surface area contributed by atoms with Crippen molar-refractivity contribution in [3.63, 3.8) is 0 Å². The van der Waals surface area contributed by atoms with Gasteiger partial charge in [0.2, 0.25) is 0 Å². The Labute approximate surface area is 182 Å². The molecule has 0 aromatic heterocycles. The smallest absolute Gasteiger partial charge is 0.407 e. The van der Waals surface area contributed by atoms with Crippen LogP contribution < -0.4 is 10.4 Å². The molecule has 1 amide bonds. The van der Waals surface area contributed by atoms with Crippen molar-refractivity contribution < 1.29 is 19.4 Å². The summed E-state index contributed by atoms with van der Waals surface area (Å²) >= 11 is 3.34. The summed E-state index contributed by atoms with van der Waals surface area (Å²) in [6.07, 6.45) is -0.664. The summed E-state index contributed by atoms with van der Waals surface area (Å²) in [5.74, 6) is -1.44. The molecule has 0 bridgehead atoms. The van der Waals surface area contributed by atoms with Gasteiger partial charge in [-0.25, -0.2) is 4.79 Å². The number of rotatable bonds is 6. The first-order chi connectivity index (χ1) is 14.5. The van der Waals surface area contributed by atoms with Gasteiger partial charge in [0.05, 0.1) is 12.0 Å². The fourth-order valence-electron chi connectivity index (χ4n) is 3.83. The van der Waals surface area contributed by atoms with E-state index in [0.29, 0.717) is 0 Å².